The Balaban J connectivity index is 2.14. The van der Waals surface area contributed by atoms with E-state index >= 15 is 0 Å². The van der Waals surface area contributed by atoms with Gasteiger partial charge in [0.15, 0.2) is 0 Å². The summed E-state index contributed by atoms with van der Waals surface area (Å²) >= 11 is 6.33. The molecule has 0 aliphatic rings. The van der Waals surface area contributed by atoms with Crippen LogP contribution in [0.2, 0.25) is 0 Å². The number of carbonyl (C=O) groups excluding carboxylic acids is 1. The molecule has 102 valence electrons. The van der Waals surface area contributed by atoms with Crippen molar-refractivity contribution >= 4 is 40.6 Å². The van der Waals surface area contributed by atoms with E-state index in [9.17, 15) is 4.79 Å². The lowest BCUT2D eigenvalue weighted by Gasteiger charge is -2.10. The lowest BCUT2D eigenvalue weighted by molar-refractivity contribution is -0.115. The molecule has 0 bridgehead atoms. The van der Waals surface area contributed by atoms with E-state index in [2.05, 4.69) is 5.32 Å². The van der Waals surface area contributed by atoms with Gasteiger partial charge in [0.2, 0.25) is 5.91 Å². The SMILES string of the molecule is NC(=S)CC(=O)Nc1ccccc1Sc1ccccc1. The summed E-state index contributed by atoms with van der Waals surface area (Å²) in [4.78, 5) is 14.0. The fourth-order valence-corrected chi connectivity index (χ4v) is 2.68. The van der Waals surface area contributed by atoms with Gasteiger partial charge in [0.25, 0.3) is 0 Å². The number of anilines is 1. The second kappa shape index (κ2) is 7.07. The molecule has 1 amide bonds. The van der Waals surface area contributed by atoms with Crippen LogP contribution in [0.3, 0.4) is 0 Å². The maximum atomic E-state index is 11.7. The second-order valence-corrected chi connectivity index (χ2v) is 5.74. The Morgan fingerprint density at radius 1 is 1.10 bits per heavy atom. The van der Waals surface area contributed by atoms with Gasteiger partial charge in [0, 0.05) is 9.79 Å². The number of benzene rings is 2. The van der Waals surface area contributed by atoms with E-state index in [1.165, 1.54) is 0 Å². The van der Waals surface area contributed by atoms with Crippen LogP contribution < -0.4 is 11.1 Å². The average Bonchev–Trinajstić information content (AvgIpc) is 2.41. The minimum absolute atomic E-state index is 0.0552. The van der Waals surface area contributed by atoms with Crippen LogP contribution in [0.25, 0.3) is 0 Å². The highest BCUT2D eigenvalue weighted by atomic mass is 32.2. The molecule has 0 aromatic heterocycles. The lowest BCUT2D eigenvalue weighted by atomic mass is 10.3. The van der Waals surface area contributed by atoms with Gasteiger partial charge in [-0.05, 0) is 24.3 Å². The Kier molecular flexibility index (Phi) is 5.15. The van der Waals surface area contributed by atoms with Crippen molar-refractivity contribution in [3.05, 3.63) is 54.6 Å². The standard InChI is InChI=1S/C15H14N2OS2/c16-14(19)10-15(18)17-12-8-4-5-9-13(12)20-11-6-2-1-3-7-11/h1-9H,10H2,(H2,16,19)(H,17,18). The van der Waals surface area contributed by atoms with Crippen molar-refractivity contribution in [1.29, 1.82) is 0 Å². The molecule has 0 fully saturated rings. The van der Waals surface area contributed by atoms with Crippen molar-refractivity contribution in [2.24, 2.45) is 5.73 Å². The highest BCUT2D eigenvalue weighted by Gasteiger charge is 2.08. The van der Waals surface area contributed by atoms with E-state index in [4.69, 9.17) is 18.0 Å². The van der Waals surface area contributed by atoms with Crippen molar-refractivity contribution in [3.8, 4) is 0 Å². The summed E-state index contributed by atoms with van der Waals surface area (Å²) in [5.41, 5.74) is 6.14. The third-order valence-corrected chi connectivity index (χ3v) is 3.70. The Labute approximate surface area is 127 Å². The van der Waals surface area contributed by atoms with Crippen LogP contribution in [-0.2, 0) is 4.79 Å². The molecule has 0 aliphatic carbocycles. The zero-order valence-electron chi connectivity index (χ0n) is 10.7. The Morgan fingerprint density at radius 3 is 2.45 bits per heavy atom. The number of nitrogens with two attached hydrogens (primary N) is 1. The third kappa shape index (κ3) is 4.36. The molecule has 20 heavy (non-hydrogen) atoms. The summed E-state index contributed by atoms with van der Waals surface area (Å²) < 4.78 is 0. The second-order valence-electron chi connectivity index (χ2n) is 4.10. The number of rotatable bonds is 5. The van der Waals surface area contributed by atoms with Gasteiger partial charge in [-0.3, -0.25) is 4.79 Å². The number of hydrogen-bond donors (Lipinski definition) is 2. The Bertz CT molecular complexity index is 614. The van der Waals surface area contributed by atoms with E-state index < -0.39 is 0 Å². The number of nitrogens with one attached hydrogen (secondary N) is 1. The molecule has 3 nitrogen and oxygen atoms in total. The van der Waals surface area contributed by atoms with Crippen LogP contribution in [-0.4, -0.2) is 10.9 Å². The molecule has 5 heteroatoms. The van der Waals surface area contributed by atoms with Crippen LogP contribution >= 0.6 is 24.0 Å². The van der Waals surface area contributed by atoms with Crippen molar-refractivity contribution in [1.82, 2.24) is 0 Å². The van der Waals surface area contributed by atoms with Crippen LogP contribution in [0.1, 0.15) is 6.42 Å². The zero-order chi connectivity index (χ0) is 14.4. The number of thiocarbonyl (C=S) groups is 1. The smallest absolute Gasteiger partial charge is 0.231 e. The summed E-state index contributed by atoms with van der Waals surface area (Å²) in [5, 5.41) is 2.83. The van der Waals surface area contributed by atoms with Gasteiger partial charge in [-0.25, -0.2) is 0 Å². The first kappa shape index (κ1) is 14.6. The molecule has 0 heterocycles. The van der Waals surface area contributed by atoms with Gasteiger partial charge in [0.1, 0.15) is 0 Å². The molecule has 0 aliphatic heterocycles. The number of carbonyl (C=O) groups is 1. The Morgan fingerprint density at radius 2 is 1.75 bits per heavy atom. The molecule has 2 aromatic carbocycles. The van der Waals surface area contributed by atoms with Gasteiger partial charge in [-0.1, -0.05) is 54.3 Å². The maximum Gasteiger partial charge on any atom is 0.231 e. The molecular weight excluding hydrogens is 288 g/mol. The van der Waals surface area contributed by atoms with Gasteiger partial charge >= 0.3 is 0 Å². The van der Waals surface area contributed by atoms with E-state index in [0.29, 0.717) is 0 Å². The predicted molar refractivity (Wildman–Crippen MR) is 87.0 cm³/mol. The van der Waals surface area contributed by atoms with Crippen molar-refractivity contribution < 1.29 is 4.79 Å². The first-order valence-electron chi connectivity index (χ1n) is 6.05. The summed E-state index contributed by atoms with van der Waals surface area (Å²) in [6.07, 6.45) is 0.0552. The minimum atomic E-state index is -0.196. The molecule has 0 saturated carbocycles. The molecule has 0 saturated heterocycles. The first-order valence-corrected chi connectivity index (χ1v) is 7.28. The average molecular weight is 302 g/mol. The third-order valence-electron chi connectivity index (χ3n) is 2.47. The van der Waals surface area contributed by atoms with E-state index in [1.807, 2.05) is 54.6 Å². The lowest BCUT2D eigenvalue weighted by Crippen LogP contribution is -2.20. The fourth-order valence-electron chi connectivity index (χ4n) is 1.63. The fraction of sp³-hybridized carbons (Fsp3) is 0.0667. The van der Waals surface area contributed by atoms with E-state index in [-0.39, 0.29) is 17.3 Å². The molecule has 2 rings (SSSR count). The number of para-hydroxylation sites is 1. The highest BCUT2D eigenvalue weighted by Crippen LogP contribution is 2.33. The molecule has 0 atom stereocenters. The van der Waals surface area contributed by atoms with E-state index in [0.717, 1.165) is 15.5 Å². The van der Waals surface area contributed by atoms with Crippen LogP contribution in [0.4, 0.5) is 5.69 Å². The molecule has 0 spiro atoms. The molecule has 2 aromatic rings. The normalized spacial score (nSPS) is 10.0. The molecule has 0 unspecified atom stereocenters. The maximum absolute atomic E-state index is 11.7. The summed E-state index contributed by atoms with van der Waals surface area (Å²) in [5.74, 6) is -0.196. The summed E-state index contributed by atoms with van der Waals surface area (Å²) in [7, 11) is 0. The van der Waals surface area contributed by atoms with Crippen LogP contribution in [0.15, 0.2) is 64.4 Å². The monoisotopic (exact) mass is 302 g/mol. The van der Waals surface area contributed by atoms with Crippen molar-refractivity contribution in [2.45, 2.75) is 16.2 Å². The number of amides is 1. The zero-order valence-corrected chi connectivity index (χ0v) is 12.3. The largest absolute Gasteiger partial charge is 0.393 e. The quantitative estimate of drug-likeness (QED) is 0.831. The summed E-state index contributed by atoms with van der Waals surface area (Å²) in [6.45, 7) is 0. The molecular formula is C15H14N2OS2. The minimum Gasteiger partial charge on any atom is -0.393 e. The van der Waals surface area contributed by atoms with E-state index in [1.54, 1.807) is 11.8 Å². The topological polar surface area (TPSA) is 55.1 Å². The van der Waals surface area contributed by atoms with Gasteiger partial charge in [-0.2, -0.15) is 0 Å². The summed E-state index contributed by atoms with van der Waals surface area (Å²) in [6, 6.07) is 17.6. The van der Waals surface area contributed by atoms with Gasteiger partial charge in [-0.15, -0.1) is 0 Å². The molecule has 0 radical (unpaired) electrons. The van der Waals surface area contributed by atoms with Gasteiger partial charge < -0.3 is 11.1 Å². The number of hydrogen-bond acceptors (Lipinski definition) is 3. The van der Waals surface area contributed by atoms with Gasteiger partial charge in [0.05, 0.1) is 17.1 Å². The Hall–Kier alpha value is -1.85. The predicted octanol–water partition coefficient (Wildman–Crippen LogP) is 3.45. The van der Waals surface area contributed by atoms with Crippen molar-refractivity contribution in [2.75, 3.05) is 5.32 Å². The van der Waals surface area contributed by atoms with Crippen LogP contribution in [0, 0.1) is 0 Å². The molecule has 3 N–H and O–H groups in total. The first-order chi connectivity index (χ1) is 9.65. The highest BCUT2D eigenvalue weighted by molar-refractivity contribution is 7.99. The van der Waals surface area contributed by atoms with Crippen molar-refractivity contribution in [3.63, 3.8) is 0 Å². The van der Waals surface area contributed by atoms with Crippen LogP contribution in [0.5, 0.6) is 0 Å².